The molecule has 0 aromatic carbocycles. The summed E-state index contributed by atoms with van der Waals surface area (Å²) in [6.45, 7) is 5.06. The van der Waals surface area contributed by atoms with Crippen molar-refractivity contribution in [3.63, 3.8) is 0 Å². The van der Waals surface area contributed by atoms with Crippen molar-refractivity contribution in [1.82, 2.24) is 15.1 Å². The SMILES string of the molecule is COCCN(CC(=O)O)C(=O)NCC1(C)CCN(C)CC1. The fourth-order valence-corrected chi connectivity index (χ4v) is 2.35. The Labute approximate surface area is 126 Å². The number of carboxylic acid groups (broad SMARTS) is 1. The number of urea groups is 1. The zero-order chi connectivity index (χ0) is 15.9. The fraction of sp³-hybridized carbons (Fsp3) is 0.857. The van der Waals surface area contributed by atoms with Gasteiger partial charge < -0.3 is 25.0 Å². The molecule has 21 heavy (non-hydrogen) atoms. The summed E-state index contributed by atoms with van der Waals surface area (Å²) in [5, 5.41) is 11.7. The second kappa shape index (κ2) is 8.19. The molecule has 0 aliphatic carbocycles. The van der Waals surface area contributed by atoms with Crippen molar-refractivity contribution in [2.75, 3.05) is 53.5 Å². The van der Waals surface area contributed by atoms with Crippen LogP contribution in [0.2, 0.25) is 0 Å². The summed E-state index contributed by atoms with van der Waals surface area (Å²) in [6.07, 6.45) is 2.06. The minimum absolute atomic E-state index is 0.0817. The fourth-order valence-electron chi connectivity index (χ4n) is 2.35. The number of nitrogens with one attached hydrogen (secondary N) is 1. The number of likely N-dealkylation sites (tertiary alicyclic amines) is 1. The van der Waals surface area contributed by atoms with Crippen LogP contribution in [0.15, 0.2) is 0 Å². The van der Waals surface area contributed by atoms with Crippen molar-refractivity contribution in [3.05, 3.63) is 0 Å². The lowest BCUT2D eigenvalue weighted by Gasteiger charge is -2.38. The summed E-state index contributed by atoms with van der Waals surface area (Å²) in [4.78, 5) is 26.5. The Bertz CT molecular complexity index is 354. The van der Waals surface area contributed by atoms with Gasteiger partial charge in [-0.25, -0.2) is 4.79 Å². The molecular formula is C14H27N3O4. The van der Waals surface area contributed by atoms with E-state index < -0.39 is 5.97 Å². The van der Waals surface area contributed by atoms with Crippen molar-refractivity contribution < 1.29 is 19.4 Å². The van der Waals surface area contributed by atoms with E-state index in [1.807, 2.05) is 0 Å². The predicted octanol–water partition coefficient (Wildman–Crippen LogP) is 0.461. The molecule has 0 bridgehead atoms. The van der Waals surface area contributed by atoms with E-state index in [0.29, 0.717) is 13.2 Å². The number of carbonyl (C=O) groups excluding carboxylic acids is 1. The van der Waals surface area contributed by atoms with Gasteiger partial charge in [0, 0.05) is 20.2 Å². The summed E-state index contributed by atoms with van der Waals surface area (Å²) < 4.78 is 4.91. The first kappa shape index (κ1) is 17.7. The molecule has 0 radical (unpaired) electrons. The predicted molar refractivity (Wildman–Crippen MR) is 79.3 cm³/mol. The zero-order valence-electron chi connectivity index (χ0n) is 13.2. The molecule has 2 amide bonds. The van der Waals surface area contributed by atoms with Crippen LogP contribution in [0.3, 0.4) is 0 Å². The number of hydrogen-bond acceptors (Lipinski definition) is 4. The molecule has 1 fully saturated rings. The Morgan fingerprint density at radius 1 is 1.38 bits per heavy atom. The van der Waals surface area contributed by atoms with E-state index in [1.165, 1.54) is 12.0 Å². The maximum Gasteiger partial charge on any atom is 0.323 e. The number of aliphatic carboxylic acids is 1. The topological polar surface area (TPSA) is 82.1 Å². The molecule has 0 atom stereocenters. The van der Waals surface area contributed by atoms with Crippen molar-refractivity contribution in [3.8, 4) is 0 Å². The molecular weight excluding hydrogens is 274 g/mol. The number of carbonyl (C=O) groups is 2. The van der Waals surface area contributed by atoms with Crippen LogP contribution in [0.1, 0.15) is 19.8 Å². The first-order valence-electron chi connectivity index (χ1n) is 7.28. The third-order valence-corrected chi connectivity index (χ3v) is 4.04. The molecule has 0 aromatic rings. The summed E-state index contributed by atoms with van der Waals surface area (Å²) in [7, 11) is 3.62. The lowest BCUT2D eigenvalue weighted by Crippen LogP contribution is -2.49. The van der Waals surface area contributed by atoms with Gasteiger partial charge in [-0.3, -0.25) is 4.79 Å². The largest absolute Gasteiger partial charge is 0.480 e. The van der Waals surface area contributed by atoms with Crippen molar-refractivity contribution in [2.45, 2.75) is 19.8 Å². The van der Waals surface area contributed by atoms with E-state index in [-0.39, 0.29) is 24.5 Å². The van der Waals surface area contributed by atoms with Crippen LogP contribution in [0.5, 0.6) is 0 Å². The van der Waals surface area contributed by atoms with Gasteiger partial charge in [-0.05, 0) is 38.4 Å². The Morgan fingerprint density at radius 2 is 2.00 bits per heavy atom. The second-order valence-electron chi connectivity index (χ2n) is 6.08. The summed E-state index contributed by atoms with van der Waals surface area (Å²) in [6, 6.07) is -0.338. The first-order chi connectivity index (χ1) is 9.86. The molecule has 1 aliphatic heterocycles. The molecule has 7 heteroatoms. The third kappa shape index (κ3) is 6.31. The van der Waals surface area contributed by atoms with E-state index in [1.54, 1.807) is 0 Å². The van der Waals surface area contributed by atoms with Crippen LogP contribution >= 0.6 is 0 Å². The van der Waals surface area contributed by atoms with Crippen molar-refractivity contribution in [2.24, 2.45) is 5.41 Å². The van der Waals surface area contributed by atoms with Gasteiger partial charge in [0.05, 0.1) is 6.61 Å². The van der Waals surface area contributed by atoms with Crippen LogP contribution in [0.4, 0.5) is 4.79 Å². The van der Waals surface area contributed by atoms with Gasteiger partial charge in [-0.2, -0.15) is 0 Å². The number of carboxylic acids is 1. The lowest BCUT2D eigenvalue weighted by molar-refractivity contribution is -0.137. The monoisotopic (exact) mass is 301 g/mol. The van der Waals surface area contributed by atoms with Gasteiger partial charge in [0.1, 0.15) is 6.54 Å². The molecule has 2 N–H and O–H groups in total. The average Bonchev–Trinajstić information content (AvgIpc) is 2.44. The number of nitrogens with zero attached hydrogens (tertiary/aromatic N) is 2. The number of amides is 2. The highest BCUT2D eigenvalue weighted by Gasteiger charge is 2.30. The molecule has 1 saturated heterocycles. The van der Waals surface area contributed by atoms with E-state index in [9.17, 15) is 9.59 Å². The number of hydrogen-bond donors (Lipinski definition) is 2. The Hall–Kier alpha value is -1.34. The Balaban J connectivity index is 2.46. The van der Waals surface area contributed by atoms with Crippen LogP contribution < -0.4 is 5.32 Å². The smallest absolute Gasteiger partial charge is 0.323 e. The number of methoxy groups -OCH3 is 1. The Kier molecular flexibility index (Phi) is 6.91. The van der Waals surface area contributed by atoms with Gasteiger partial charge in [0.15, 0.2) is 0 Å². The van der Waals surface area contributed by atoms with Gasteiger partial charge in [0.2, 0.25) is 0 Å². The first-order valence-corrected chi connectivity index (χ1v) is 7.28. The highest BCUT2D eigenvalue weighted by molar-refractivity contribution is 5.80. The maximum atomic E-state index is 12.1. The second-order valence-corrected chi connectivity index (χ2v) is 6.08. The van der Waals surface area contributed by atoms with E-state index in [0.717, 1.165) is 25.9 Å². The number of rotatable bonds is 7. The molecule has 0 spiro atoms. The number of ether oxygens (including phenoxy) is 1. The van der Waals surface area contributed by atoms with Gasteiger partial charge in [0.25, 0.3) is 0 Å². The molecule has 0 saturated carbocycles. The minimum atomic E-state index is -1.02. The standard InChI is InChI=1S/C14H27N3O4/c1-14(4-6-16(2)7-5-14)11-15-13(20)17(8-9-21-3)10-12(18)19/h4-11H2,1-3H3,(H,15,20)(H,18,19). The van der Waals surface area contributed by atoms with Gasteiger partial charge in [-0.15, -0.1) is 0 Å². The molecule has 7 nitrogen and oxygen atoms in total. The summed E-state index contributed by atoms with van der Waals surface area (Å²) >= 11 is 0. The molecule has 0 unspecified atom stereocenters. The van der Waals surface area contributed by atoms with Crippen LogP contribution in [0.25, 0.3) is 0 Å². The van der Waals surface area contributed by atoms with E-state index >= 15 is 0 Å². The van der Waals surface area contributed by atoms with Gasteiger partial charge >= 0.3 is 12.0 Å². The molecule has 1 heterocycles. The molecule has 1 rings (SSSR count). The minimum Gasteiger partial charge on any atom is -0.480 e. The zero-order valence-corrected chi connectivity index (χ0v) is 13.2. The molecule has 1 aliphatic rings. The highest BCUT2D eigenvalue weighted by Crippen LogP contribution is 2.29. The number of piperidine rings is 1. The normalized spacial score (nSPS) is 18.2. The summed E-state index contributed by atoms with van der Waals surface area (Å²) in [5.41, 5.74) is 0.0817. The van der Waals surface area contributed by atoms with Crippen LogP contribution in [-0.4, -0.2) is 80.4 Å². The Morgan fingerprint density at radius 3 is 2.52 bits per heavy atom. The summed E-state index contributed by atoms with van der Waals surface area (Å²) in [5.74, 6) is -1.02. The molecule has 0 aromatic heterocycles. The average molecular weight is 301 g/mol. The quantitative estimate of drug-likeness (QED) is 0.714. The van der Waals surface area contributed by atoms with Crippen molar-refractivity contribution in [1.29, 1.82) is 0 Å². The maximum absolute atomic E-state index is 12.1. The molecule has 122 valence electrons. The third-order valence-electron chi connectivity index (χ3n) is 4.04. The highest BCUT2D eigenvalue weighted by atomic mass is 16.5. The van der Waals surface area contributed by atoms with Crippen LogP contribution in [-0.2, 0) is 9.53 Å². The van der Waals surface area contributed by atoms with E-state index in [2.05, 4.69) is 24.2 Å². The van der Waals surface area contributed by atoms with Crippen molar-refractivity contribution >= 4 is 12.0 Å². The van der Waals surface area contributed by atoms with Gasteiger partial charge in [-0.1, -0.05) is 6.92 Å². The lowest BCUT2D eigenvalue weighted by atomic mass is 9.80. The van der Waals surface area contributed by atoms with Crippen LogP contribution in [0, 0.1) is 5.41 Å². The van der Waals surface area contributed by atoms with E-state index in [4.69, 9.17) is 9.84 Å².